The van der Waals surface area contributed by atoms with E-state index in [1.165, 1.54) is 0 Å². The Bertz CT molecular complexity index is 3400. The lowest BCUT2D eigenvalue weighted by Crippen LogP contribution is -2.74. The van der Waals surface area contributed by atoms with Crippen molar-refractivity contribution in [1.29, 1.82) is 0 Å². The predicted octanol–water partition coefficient (Wildman–Crippen LogP) is 16.2. The topological polar surface area (TPSA) is 0 Å². The van der Waals surface area contributed by atoms with E-state index in [9.17, 15) is 0 Å². The third kappa shape index (κ3) is 11.5. The van der Waals surface area contributed by atoms with E-state index < -0.39 is 196 Å². The summed E-state index contributed by atoms with van der Waals surface area (Å²) in [5.74, 6) is -62.5. The van der Waals surface area contributed by atoms with Crippen LogP contribution in [0.25, 0.3) is 0 Å². The summed E-state index contributed by atoms with van der Waals surface area (Å²) in [5.41, 5.74) is -11.3. The van der Waals surface area contributed by atoms with Gasteiger partial charge in [0, 0.05) is 13.6 Å². The van der Waals surface area contributed by atoms with Gasteiger partial charge in [-0.15, -0.1) is 16.1 Å². The Morgan fingerprint density at radius 1 is 0.391 bits per heavy atom. The number of fused-ring (bicyclic) bond motifs is 1. The summed E-state index contributed by atoms with van der Waals surface area (Å²) in [6, 6.07) is 10.1. The van der Waals surface area contributed by atoms with Gasteiger partial charge in [-0.05, 0) is 161 Å². The van der Waals surface area contributed by atoms with E-state index in [-0.39, 0.29) is 0 Å². The molecule has 0 aromatic heterocycles. The molecule has 0 saturated heterocycles. The van der Waals surface area contributed by atoms with E-state index in [0.717, 1.165) is 18.2 Å². The molecule has 0 saturated carbocycles. The van der Waals surface area contributed by atoms with Crippen molar-refractivity contribution in [3.8, 4) is 0 Å². The summed E-state index contributed by atoms with van der Waals surface area (Å²) in [6.07, 6.45) is -1.65. The summed E-state index contributed by atoms with van der Waals surface area (Å²) in [5, 5.41) is -2.07. The fourth-order valence-electron chi connectivity index (χ4n) is 14.9. The first kappa shape index (κ1) is 68.6. The molecule has 0 fully saturated rings. The lowest BCUT2D eigenvalue weighted by atomic mass is 9.07. The zero-order chi connectivity index (χ0) is 65.9. The van der Waals surface area contributed by atoms with Gasteiger partial charge in [-0.2, -0.15) is 0 Å². The van der Waals surface area contributed by atoms with Gasteiger partial charge < -0.3 is 0 Å². The zero-order valence-corrected chi connectivity index (χ0v) is 51.6. The first-order valence-corrected chi connectivity index (χ1v) is 30.0. The molecule has 7 aromatic carbocycles. The highest BCUT2D eigenvalue weighted by molar-refractivity contribution is 7.73. The summed E-state index contributed by atoms with van der Waals surface area (Å²) in [4.78, 5) is 0. The van der Waals surface area contributed by atoms with E-state index in [0.29, 0.717) is 65.5 Å². The summed E-state index contributed by atoms with van der Waals surface area (Å²) >= 11 is 0. The van der Waals surface area contributed by atoms with Crippen LogP contribution in [-0.4, -0.2) is 28.9 Å². The summed E-state index contributed by atoms with van der Waals surface area (Å²) in [7, 11) is -2.92. The molecule has 0 spiro atoms. The molecule has 24 heteroatoms. The van der Waals surface area contributed by atoms with E-state index in [4.69, 9.17) is 0 Å². The smallest absolute Gasteiger partial charge is 0.201 e. The van der Waals surface area contributed by atoms with Crippen molar-refractivity contribution < 1.29 is 87.8 Å². The Labute approximate surface area is 493 Å². The van der Waals surface area contributed by atoms with Crippen LogP contribution in [0.3, 0.4) is 0 Å². The molecule has 0 aliphatic heterocycles. The van der Waals surface area contributed by atoms with Gasteiger partial charge in [0.1, 0.15) is 23.3 Å². The first-order chi connectivity index (χ1) is 39.9. The fraction of sp³-hybridized carbons (Fsp3) is 0.333. The molecule has 466 valence electrons. The minimum absolute atomic E-state index is 0.305. The molecule has 7 aromatic rings. The van der Waals surface area contributed by atoms with E-state index >= 15 is 87.8 Å². The minimum Gasteiger partial charge on any atom is -0.207 e. The molecular formula is C63H58B2F20P2. The molecule has 2 atom stereocenters. The molecule has 0 N–H and O–H groups in total. The van der Waals surface area contributed by atoms with Crippen LogP contribution < -0.4 is 32.5 Å². The van der Waals surface area contributed by atoms with Crippen LogP contribution >= 0.6 is 15.8 Å². The summed E-state index contributed by atoms with van der Waals surface area (Å²) < 4.78 is 324. The van der Waals surface area contributed by atoms with Gasteiger partial charge in [-0.25, -0.2) is 87.8 Å². The monoisotopic (exact) mass is 1280 g/mol. The number of aryl methyl sites for hydroxylation is 6. The molecule has 0 unspecified atom stereocenters. The van der Waals surface area contributed by atoms with Crippen molar-refractivity contribution in [3.63, 3.8) is 0 Å². The lowest BCUT2D eigenvalue weighted by Gasteiger charge is -2.51. The molecule has 0 nitrogen and oxygen atoms in total. The second kappa shape index (κ2) is 24.2. The van der Waals surface area contributed by atoms with Crippen LogP contribution in [0.15, 0.2) is 48.5 Å². The zero-order valence-electron chi connectivity index (χ0n) is 49.7. The normalized spacial score (nSPS) is 15.5. The average Bonchev–Trinajstić information content (AvgIpc) is 1.63. The Hall–Kier alpha value is -5.87. The summed E-state index contributed by atoms with van der Waals surface area (Å²) in [6.45, 7) is 21.4. The van der Waals surface area contributed by atoms with Crippen molar-refractivity contribution in [2.24, 2.45) is 0 Å². The Balaban J connectivity index is 0.000000743. The molecule has 1 aliphatic rings. The van der Waals surface area contributed by atoms with Crippen LogP contribution in [0.5, 0.6) is 0 Å². The quantitative estimate of drug-likeness (QED) is 0.0444. The Morgan fingerprint density at radius 2 is 0.644 bits per heavy atom. The van der Waals surface area contributed by atoms with Gasteiger partial charge >= 0.3 is 0 Å². The molecule has 0 amide bonds. The number of benzene rings is 7. The van der Waals surface area contributed by atoms with Crippen molar-refractivity contribution in [2.45, 2.75) is 137 Å². The van der Waals surface area contributed by atoms with Crippen LogP contribution in [-0.2, 0) is 5.21 Å². The fourth-order valence-corrected chi connectivity index (χ4v) is 25.3. The van der Waals surface area contributed by atoms with Crippen LogP contribution in [0.4, 0.5) is 87.8 Å². The number of rotatable bonds is 9. The Morgan fingerprint density at radius 3 is 0.908 bits per heavy atom. The Kier molecular flexibility index (Phi) is 19.0. The highest BCUT2D eigenvalue weighted by atomic mass is 31.1. The third-order valence-electron chi connectivity index (χ3n) is 16.3. The van der Waals surface area contributed by atoms with Gasteiger partial charge in [0.2, 0.25) is 6.71 Å². The van der Waals surface area contributed by atoms with Crippen molar-refractivity contribution >= 4 is 61.7 Å². The molecule has 0 bridgehead atoms. The molecule has 1 aliphatic carbocycles. The standard InChI is InChI=1S/C51H30B2F20P.C12H27P/c1-16-11-18(3)49(19(4)12-16)74(50-20(5)13-17(2)14-21(50)6)24-15-51(23-10-8-7-9-22(23)24,52(25-29(54)37(62)45(70)38(63)30(25)55)26-31(56)39(64)46(71)40(65)32(26)57)53(27-33(58)41(66)47(72)42(67)34(27)59)28-35(60)43(68)48(73)44(69)36(28)61;1-10(2,3)13(11(4,5)6)12(7,8)9/h7-14,24,52H,15H2,1-6H3;1-9H3/q-1;/p+1/t24-,51-;/m1./s1. The molecule has 0 heterocycles. The highest BCUT2D eigenvalue weighted by Crippen LogP contribution is 2.67. The van der Waals surface area contributed by atoms with Crippen molar-refractivity contribution in [3.05, 3.63) is 209 Å². The number of halogens is 20. The molecule has 8 rings (SSSR count). The van der Waals surface area contributed by atoms with Gasteiger partial charge in [-0.1, -0.05) is 71.6 Å². The lowest BCUT2D eigenvalue weighted by molar-refractivity contribution is 0.380. The van der Waals surface area contributed by atoms with Gasteiger partial charge in [0.15, 0.2) is 93.1 Å². The van der Waals surface area contributed by atoms with Crippen molar-refractivity contribution in [1.82, 2.24) is 0 Å². The van der Waals surface area contributed by atoms with E-state index in [2.05, 4.69) is 62.3 Å². The number of hydrogen-bond donors (Lipinski definition) is 0. The second-order valence-corrected chi connectivity index (χ2v) is 33.0. The largest absolute Gasteiger partial charge is 0.207 e. The second-order valence-electron chi connectivity index (χ2n) is 25.5. The van der Waals surface area contributed by atoms with Gasteiger partial charge in [0.05, 0.1) is 22.2 Å². The molecular weight excluding hydrogens is 1220 g/mol. The van der Waals surface area contributed by atoms with Gasteiger partial charge in [0.25, 0.3) is 0 Å². The van der Waals surface area contributed by atoms with Crippen LogP contribution in [0, 0.1) is 158 Å². The van der Waals surface area contributed by atoms with Gasteiger partial charge in [-0.3, -0.25) is 0 Å². The first-order valence-electron chi connectivity index (χ1n) is 27.1. The molecule has 87 heavy (non-hydrogen) atoms. The maximum atomic E-state index is 17.1. The van der Waals surface area contributed by atoms with E-state index in [1.807, 2.05) is 0 Å². The van der Waals surface area contributed by atoms with E-state index in [1.54, 1.807) is 65.8 Å². The van der Waals surface area contributed by atoms with Crippen molar-refractivity contribution in [2.75, 3.05) is 0 Å². The molecule has 0 radical (unpaired) electrons. The SMILES string of the molecule is CC(C)(C)[PH+](C(C)(C)C)C(C)(C)C.Cc1cc(C)c(P(c2c(C)cc(C)cc2C)[C@@H]2C[C@](B(c3c(F)c(F)c(F)c(F)c3F)c3c(F)c(F)c(F)c(F)c3F)([BH-](c3c(F)c(F)c(F)c(F)c3F)c3c(F)c(F)c(F)c(F)c3F)c3ccccc32)c(C)c1. The maximum absolute atomic E-state index is 17.1. The number of hydrogen-bond acceptors (Lipinski definition) is 0. The van der Waals surface area contributed by atoms with Crippen LogP contribution in [0.2, 0.25) is 0 Å². The third-order valence-corrected chi connectivity index (χ3v) is 24.2. The minimum atomic E-state index is -5.69. The maximum Gasteiger partial charge on any atom is 0.201 e. The predicted molar refractivity (Wildman–Crippen MR) is 307 cm³/mol. The average molecular weight is 1280 g/mol. The van der Waals surface area contributed by atoms with Crippen LogP contribution in [0.1, 0.15) is 119 Å². The highest BCUT2D eigenvalue weighted by Gasteiger charge is 2.60.